The van der Waals surface area contributed by atoms with Crippen LogP contribution in [-0.2, 0) is 0 Å². The Morgan fingerprint density at radius 3 is 2.50 bits per heavy atom. The van der Waals surface area contributed by atoms with Crippen LogP contribution < -0.4 is 0 Å². The molecule has 0 radical (unpaired) electrons. The molecule has 0 aliphatic carbocycles. The first-order valence-electron chi connectivity index (χ1n) is 3.91. The number of allylic oxidation sites excluding steroid dienone is 4. The van der Waals surface area contributed by atoms with E-state index in [9.17, 15) is 4.39 Å². The highest BCUT2D eigenvalue weighted by Crippen LogP contribution is 2.18. The summed E-state index contributed by atoms with van der Waals surface area (Å²) in [5, 5.41) is 8.64. The Labute approximate surface area is 72.9 Å². The maximum absolute atomic E-state index is 12.7. The van der Waals surface area contributed by atoms with Gasteiger partial charge in [-0.05, 0) is 31.4 Å². The fraction of sp³-hybridized carbons (Fsp3) is 0.400. The first kappa shape index (κ1) is 11.1. The molecule has 0 spiro atoms. The molecule has 0 unspecified atom stereocenters. The molecule has 0 bridgehead atoms. The van der Waals surface area contributed by atoms with Crippen molar-refractivity contribution in [3.63, 3.8) is 0 Å². The van der Waals surface area contributed by atoms with Crippen LogP contribution in [0.1, 0.15) is 20.3 Å². The van der Waals surface area contributed by atoms with Crippen LogP contribution in [0.4, 0.5) is 4.39 Å². The summed E-state index contributed by atoms with van der Waals surface area (Å²) in [5.41, 5.74) is 1.31. The smallest absolute Gasteiger partial charge is 0.119 e. The van der Waals surface area contributed by atoms with E-state index in [0.29, 0.717) is 12.0 Å². The molecule has 0 saturated heterocycles. The molecule has 1 N–H and O–H groups in total. The quantitative estimate of drug-likeness (QED) is 0.643. The lowest BCUT2D eigenvalue weighted by atomic mass is 10.1. The maximum Gasteiger partial charge on any atom is 0.119 e. The number of hydrogen-bond donors (Lipinski definition) is 1. The molecule has 0 heterocycles. The number of hydrogen-bond acceptors (Lipinski definition) is 1. The summed E-state index contributed by atoms with van der Waals surface area (Å²) in [6.07, 6.45) is 3.96. The standard InChI is InChI=1S/C10H15FO/c1-4-5-8(2)10(6-7-12)9(3)11/h4-5,12H,3,6-7H2,1-2H3/b5-4-,10-8-. The van der Waals surface area contributed by atoms with Gasteiger partial charge in [0.05, 0.1) is 0 Å². The summed E-state index contributed by atoms with van der Waals surface area (Å²) >= 11 is 0. The van der Waals surface area contributed by atoms with Crippen LogP contribution in [-0.4, -0.2) is 11.7 Å². The minimum Gasteiger partial charge on any atom is -0.396 e. The van der Waals surface area contributed by atoms with E-state index < -0.39 is 5.83 Å². The Morgan fingerprint density at radius 2 is 2.17 bits per heavy atom. The van der Waals surface area contributed by atoms with Crippen molar-refractivity contribution in [1.29, 1.82) is 0 Å². The van der Waals surface area contributed by atoms with Crippen molar-refractivity contribution >= 4 is 0 Å². The van der Waals surface area contributed by atoms with E-state index >= 15 is 0 Å². The van der Waals surface area contributed by atoms with Crippen LogP contribution in [0.25, 0.3) is 0 Å². The van der Waals surface area contributed by atoms with E-state index in [2.05, 4.69) is 6.58 Å². The molecule has 2 heteroatoms. The zero-order chi connectivity index (χ0) is 9.56. The van der Waals surface area contributed by atoms with Gasteiger partial charge in [0.1, 0.15) is 5.83 Å². The van der Waals surface area contributed by atoms with Crippen LogP contribution in [0.15, 0.2) is 35.7 Å². The lowest BCUT2D eigenvalue weighted by Gasteiger charge is -2.04. The molecule has 12 heavy (non-hydrogen) atoms. The van der Waals surface area contributed by atoms with Crippen LogP contribution >= 0.6 is 0 Å². The van der Waals surface area contributed by atoms with Gasteiger partial charge < -0.3 is 5.11 Å². The highest BCUT2D eigenvalue weighted by molar-refractivity contribution is 5.34. The van der Waals surface area contributed by atoms with Crippen molar-refractivity contribution in [2.45, 2.75) is 20.3 Å². The van der Waals surface area contributed by atoms with Gasteiger partial charge in [0.15, 0.2) is 0 Å². The Balaban J connectivity index is 4.67. The minimum absolute atomic E-state index is 0.0484. The van der Waals surface area contributed by atoms with Crippen LogP contribution in [0.3, 0.4) is 0 Å². The third-order valence-corrected chi connectivity index (χ3v) is 1.58. The molecule has 0 aliphatic rings. The zero-order valence-corrected chi connectivity index (χ0v) is 7.60. The predicted molar refractivity (Wildman–Crippen MR) is 49.5 cm³/mol. The third-order valence-electron chi connectivity index (χ3n) is 1.58. The van der Waals surface area contributed by atoms with Gasteiger partial charge in [0.2, 0.25) is 0 Å². The lowest BCUT2D eigenvalue weighted by Crippen LogP contribution is -1.92. The van der Waals surface area contributed by atoms with Gasteiger partial charge in [0, 0.05) is 6.61 Å². The van der Waals surface area contributed by atoms with Crippen molar-refractivity contribution in [3.8, 4) is 0 Å². The molecule has 0 aromatic rings. The molecular weight excluding hydrogens is 155 g/mol. The minimum atomic E-state index is -0.459. The van der Waals surface area contributed by atoms with Gasteiger partial charge in [-0.3, -0.25) is 0 Å². The second-order valence-electron chi connectivity index (χ2n) is 2.54. The van der Waals surface area contributed by atoms with E-state index in [4.69, 9.17) is 5.11 Å². The normalized spacial score (nSPS) is 13.3. The van der Waals surface area contributed by atoms with Crippen LogP contribution in [0.2, 0.25) is 0 Å². The average molecular weight is 170 g/mol. The highest BCUT2D eigenvalue weighted by Gasteiger charge is 2.03. The summed E-state index contributed by atoms with van der Waals surface area (Å²) in [4.78, 5) is 0. The monoisotopic (exact) mass is 170 g/mol. The van der Waals surface area contributed by atoms with Crippen molar-refractivity contribution < 1.29 is 9.50 Å². The number of aliphatic hydroxyl groups is 1. The summed E-state index contributed by atoms with van der Waals surface area (Å²) in [7, 11) is 0. The van der Waals surface area contributed by atoms with Gasteiger partial charge in [-0.2, -0.15) is 0 Å². The first-order valence-corrected chi connectivity index (χ1v) is 3.91. The third kappa shape index (κ3) is 3.49. The van der Waals surface area contributed by atoms with E-state index in [1.165, 1.54) is 0 Å². The van der Waals surface area contributed by atoms with E-state index in [-0.39, 0.29) is 6.61 Å². The summed E-state index contributed by atoms with van der Waals surface area (Å²) < 4.78 is 12.7. The van der Waals surface area contributed by atoms with Crippen molar-refractivity contribution in [2.75, 3.05) is 6.61 Å². The van der Waals surface area contributed by atoms with E-state index in [1.54, 1.807) is 13.0 Å². The fourth-order valence-electron chi connectivity index (χ4n) is 1.01. The fourth-order valence-corrected chi connectivity index (χ4v) is 1.01. The number of rotatable bonds is 4. The van der Waals surface area contributed by atoms with Crippen LogP contribution in [0.5, 0.6) is 0 Å². The van der Waals surface area contributed by atoms with Crippen molar-refractivity contribution in [3.05, 3.63) is 35.7 Å². The highest BCUT2D eigenvalue weighted by atomic mass is 19.1. The second kappa shape index (κ2) is 5.72. The zero-order valence-electron chi connectivity index (χ0n) is 7.60. The number of aliphatic hydroxyl groups excluding tert-OH is 1. The Hall–Kier alpha value is -0.890. The van der Waals surface area contributed by atoms with Gasteiger partial charge in [0.25, 0.3) is 0 Å². The van der Waals surface area contributed by atoms with Crippen molar-refractivity contribution in [1.82, 2.24) is 0 Å². The molecule has 0 rings (SSSR count). The van der Waals surface area contributed by atoms with Gasteiger partial charge >= 0.3 is 0 Å². The SMILES string of the molecule is C=C(F)/C(CCO)=C(C)\C=C/C. The summed E-state index contributed by atoms with van der Waals surface area (Å²) in [6, 6.07) is 0. The molecule has 0 amide bonds. The largest absolute Gasteiger partial charge is 0.396 e. The molecular formula is C10H15FO. The Bertz CT molecular complexity index is 214. The molecule has 0 saturated carbocycles. The molecule has 0 aromatic heterocycles. The van der Waals surface area contributed by atoms with E-state index in [1.807, 2.05) is 13.0 Å². The molecule has 1 nitrogen and oxygen atoms in total. The first-order chi connectivity index (χ1) is 5.63. The maximum atomic E-state index is 12.7. The molecule has 68 valence electrons. The predicted octanol–water partition coefficient (Wildman–Crippen LogP) is 2.74. The Kier molecular flexibility index (Phi) is 5.30. The molecule has 0 atom stereocenters. The van der Waals surface area contributed by atoms with Crippen LogP contribution in [0, 0.1) is 0 Å². The average Bonchev–Trinajstić information content (AvgIpc) is 1.99. The lowest BCUT2D eigenvalue weighted by molar-refractivity contribution is 0.298. The van der Waals surface area contributed by atoms with Gasteiger partial charge in [-0.1, -0.05) is 18.7 Å². The topological polar surface area (TPSA) is 20.2 Å². The molecule has 0 fully saturated rings. The van der Waals surface area contributed by atoms with Crippen molar-refractivity contribution in [2.24, 2.45) is 0 Å². The molecule has 0 aliphatic heterocycles. The second-order valence-corrected chi connectivity index (χ2v) is 2.54. The summed E-state index contributed by atoms with van der Waals surface area (Å²) in [5.74, 6) is -0.459. The number of halogens is 1. The summed E-state index contributed by atoms with van der Waals surface area (Å²) in [6.45, 7) is 6.82. The van der Waals surface area contributed by atoms with Gasteiger partial charge in [-0.15, -0.1) is 0 Å². The van der Waals surface area contributed by atoms with Gasteiger partial charge in [-0.25, -0.2) is 4.39 Å². The molecule has 0 aromatic carbocycles. The Morgan fingerprint density at radius 1 is 1.58 bits per heavy atom. The van der Waals surface area contributed by atoms with E-state index in [0.717, 1.165) is 5.57 Å².